The van der Waals surface area contributed by atoms with E-state index in [2.05, 4.69) is 47.5 Å². The summed E-state index contributed by atoms with van der Waals surface area (Å²) in [5, 5.41) is 0. The minimum Gasteiger partial charge on any atom is -0.496 e. The normalized spacial score (nSPS) is 15.4. The first-order valence-corrected chi connectivity index (χ1v) is 15.0. The number of ether oxygens (including phenoxy) is 1. The Kier molecular flexibility index (Phi) is 8.33. The molecule has 2 heterocycles. The Bertz CT molecular complexity index is 1420. The van der Waals surface area contributed by atoms with Gasteiger partial charge in [-0.05, 0) is 90.9 Å². The van der Waals surface area contributed by atoms with Crippen LogP contribution in [0.15, 0.2) is 59.5 Å². The largest absolute Gasteiger partial charge is 0.496 e. The summed E-state index contributed by atoms with van der Waals surface area (Å²) < 4.78 is 32.0. The average molecular weight is 538 g/mol. The van der Waals surface area contributed by atoms with E-state index >= 15 is 0 Å². The lowest BCUT2D eigenvalue weighted by molar-refractivity contribution is 0.310. The van der Waals surface area contributed by atoms with Crippen molar-refractivity contribution < 1.29 is 13.2 Å². The topological polar surface area (TPSA) is 91.5 Å². The summed E-state index contributed by atoms with van der Waals surface area (Å²) in [6.45, 7) is 9.51. The van der Waals surface area contributed by atoms with Crippen LogP contribution in [-0.2, 0) is 21.9 Å². The number of hydrogen-bond acceptors (Lipinski definition) is 5. The van der Waals surface area contributed by atoms with Crippen molar-refractivity contribution in [2.45, 2.75) is 51.4 Å². The maximum absolute atomic E-state index is 12.7. The second kappa shape index (κ2) is 11.3. The molecule has 1 aliphatic rings. The third-order valence-electron chi connectivity index (χ3n) is 7.14. The van der Waals surface area contributed by atoms with E-state index < -0.39 is 10.0 Å². The van der Waals surface area contributed by atoms with Crippen LogP contribution in [0.4, 0.5) is 5.69 Å². The fourth-order valence-electron chi connectivity index (χ4n) is 5.31. The summed E-state index contributed by atoms with van der Waals surface area (Å²) in [4.78, 5) is 18.0. The molecule has 38 heavy (non-hydrogen) atoms. The SMILES string of the molecule is COc1c(CC(CN2CCCC2)c2ccc(NS(C)(=O)=O)cc2)cc(-c2ccc[nH]c2=O)cc1C(C)(C)C. The van der Waals surface area contributed by atoms with Gasteiger partial charge in [-0.3, -0.25) is 9.52 Å². The number of H-pyrrole nitrogens is 1. The number of aromatic nitrogens is 1. The molecule has 1 aromatic heterocycles. The Hall–Kier alpha value is -3.10. The van der Waals surface area contributed by atoms with Gasteiger partial charge in [-0.25, -0.2) is 8.42 Å². The lowest BCUT2D eigenvalue weighted by Gasteiger charge is -2.28. The Labute approximate surface area is 226 Å². The molecule has 3 aromatic rings. The molecular formula is C30H39N3O4S. The number of aromatic amines is 1. The van der Waals surface area contributed by atoms with Crippen LogP contribution in [0, 0.1) is 0 Å². The highest BCUT2D eigenvalue weighted by molar-refractivity contribution is 7.92. The van der Waals surface area contributed by atoms with E-state index in [-0.39, 0.29) is 16.9 Å². The van der Waals surface area contributed by atoms with Crippen molar-refractivity contribution in [3.63, 3.8) is 0 Å². The molecule has 0 bridgehead atoms. The first-order valence-electron chi connectivity index (χ1n) is 13.1. The number of methoxy groups -OCH3 is 1. The second-order valence-corrected chi connectivity index (χ2v) is 13.0. The molecule has 0 radical (unpaired) electrons. The number of nitrogens with one attached hydrogen (secondary N) is 2. The van der Waals surface area contributed by atoms with Crippen LogP contribution >= 0.6 is 0 Å². The smallest absolute Gasteiger partial charge is 0.255 e. The van der Waals surface area contributed by atoms with Crippen molar-refractivity contribution in [3.05, 3.63) is 81.8 Å². The first kappa shape index (κ1) is 27.9. The van der Waals surface area contributed by atoms with Crippen LogP contribution in [0.5, 0.6) is 5.75 Å². The third-order valence-corrected chi connectivity index (χ3v) is 7.74. The maximum Gasteiger partial charge on any atom is 0.255 e. The maximum atomic E-state index is 12.7. The van der Waals surface area contributed by atoms with Crippen LogP contribution in [0.3, 0.4) is 0 Å². The van der Waals surface area contributed by atoms with E-state index in [1.165, 1.54) is 12.8 Å². The van der Waals surface area contributed by atoms with Gasteiger partial charge in [0.05, 0.1) is 13.4 Å². The van der Waals surface area contributed by atoms with Gasteiger partial charge in [0, 0.05) is 35.5 Å². The molecule has 1 saturated heterocycles. The van der Waals surface area contributed by atoms with Gasteiger partial charge in [0.2, 0.25) is 10.0 Å². The van der Waals surface area contributed by atoms with Crippen molar-refractivity contribution >= 4 is 15.7 Å². The summed E-state index contributed by atoms with van der Waals surface area (Å²) in [5.74, 6) is 1.02. The number of sulfonamides is 1. The Morgan fingerprint density at radius 1 is 1.08 bits per heavy atom. The molecular weight excluding hydrogens is 498 g/mol. The monoisotopic (exact) mass is 537 g/mol. The van der Waals surface area contributed by atoms with Crippen molar-refractivity contribution in [1.82, 2.24) is 9.88 Å². The molecule has 1 atom stereocenters. The van der Waals surface area contributed by atoms with Gasteiger partial charge >= 0.3 is 0 Å². The number of nitrogens with zero attached hydrogens (tertiary/aromatic N) is 1. The van der Waals surface area contributed by atoms with Gasteiger partial charge in [-0.2, -0.15) is 0 Å². The van der Waals surface area contributed by atoms with E-state index in [9.17, 15) is 13.2 Å². The minimum atomic E-state index is -3.34. The number of anilines is 1. The highest BCUT2D eigenvalue weighted by Gasteiger charge is 2.26. The van der Waals surface area contributed by atoms with Crippen LogP contribution < -0.4 is 15.0 Å². The number of pyridine rings is 1. The molecule has 7 nitrogen and oxygen atoms in total. The predicted molar refractivity (Wildman–Crippen MR) is 155 cm³/mol. The van der Waals surface area contributed by atoms with Gasteiger partial charge in [0.25, 0.3) is 5.56 Å². The summed E-state index contributed by atoms with van der Waals surface area (Å²) in [7, 11) is -1.63. The molecule has 0 spiro atoms. The fraction of sp³-hybridized carbons (Fsp3) is 0.433. The molecule has 8 heteroatoms. The van der Waals surface area contributed by atoms with Gasteiger partial charge < -0.3 is 14.6 Å². The van der Waals surface area contributed by atoms with E-state index in [0.29, 0.717) is 11.3 Å². The number of likely N-dealkylation sites (tertiary alicyclic amines) is 1. The van der Waals surface area contributed by atoms with E-state index in [0.717, 1.165) is 60.3 Å². The Morgan fingerprint density at radius 2 is 1.76 bits per heavy atom. The van der Waals surface area contributed by atoms with Crippen molar-refractivity contribution in [2.24, 2.45) is 0 Å². The van der Waals surface area contributed by atoms with Crippen LogP contribution in [-0.4, -0.2) is 51.3 Å². The summed E-state index contributed by atoms with van der Waals surface area (Å²) in [5.41, 5.74) is 5.00. The molecule has 1 aliphatic heterocycles. The van der Waals surface area contributed by atoms with Crippen LogP contribution in [0.25, 0.3) is 11.1 Å². The molecule has 1 fully saturated rings. The van der Waals surface area contributed by atoms with E-state index in [4.69, 9.17) is 4.74 Å². The molecule has 4 rings (SSSR count). The second-order valence-electron chi connectivity index (χ2n) is 11.3. The van der Waals surface area contributed by atoms with Gasteiger partial charge in [-0.1, -0.05) is 32.9 Å². The molecule has 0 saturated carbocycles. The van der Waals surface area contributed by atoms with Gasteiger partial charge in [0.1, 0.15) is 5.75 Å². The molecule has 2 aromatic carbocycles. The molecule has 2 N–H and O–H groups in total. The molecule has 0 amide bonds. The third kappa shape index (κ3) is 6.85. The molecule has 1 unspecified atom stereocenters. The average Bonchev–Trinajstić information content (AvgIpc) is 3.35. The van der Waals surface area contributed by atoms with Gasteiger partial charge in [0.15, 0.2) is 0 Å². The lowest BCUT2D eigenvalue weighted by Crippen LogP contribution is -2.27. The van der Waals surface area contributed by atoms with E-state index in [1.807, 2.05) is 36.4 Å². The van der Waals surface area contributed by atoms with Crippen LogP contribution in [0.1, 0.15) is 56.2 Å². The standard InChI is InChI=1S/C30H39N3O4S/c1-30(2,3)27-19-22(26-9-8-14-31-29(26)34)17-23(28(27)37-4)18-24(20-33-15-6-7-16-33)21-10-12-25(13-11-21)32-38(5,35)36/h8-14,17,19,24,32H,6-7,15-16,18,20H2,1-5H3,(H,31,34). The summed E-state index contributed by atoms with van der Waals surface area (Å²) in [6.07, 6.45) is 5.93. The predicted octanol–water partition coefficient (Wildman–Crippen LogP) is 5.14. The first-order chi connectivity index (χ1) is 17.9. The zero-order valence-corrected chi connectivity index (χ0v) is 23.8. The number of benzene rings is 2. The Balaban J connectivity index is 1.79. The van der Waals surface area contributed by atoms with Crippen LogP contribution in [0.2, 0.25) is 0 Å². The summed E-state index contributed by atoms with van der Waals surface area (Å²) >= 11 is 0. The lowest BCUT2D eigenvalue weighted by atomic mass is 9.81. The fourth-order valence-corrected chi connectivity index (χ4v) is 5.87. The zero-order chi connectivity index (χ0) is 27.5. The van der Waals surface area contributed by atoms with Crippen molar-refractivity contribution in [2.75, 3.05) is 37.7 Å². The molecule has 204 valence electrons. The highest BCUT2D eigenvalue weighted by atomic mass is 32.2. The minimum absolute atomic E-state index is 0.119. The van der Waals surface area contributed by atoms with Gasteiger partial charge in [-0.15, -0.1) is 0 Å². The number of rotatable bonds is 9. The van der Waals surface area contributed by atoms with Crippen molar-refractivity contribution in [1.29, 1.82) is 0 Å². The number of hydrogen-bond donors (Lipinski definition) is 2. The van der Waals surface area contributed by atoms with Crippen molar-refractivity contribution in [3.8, 4) is 16.9 Å². The Morgan fingerprint density at radius 3 is 2.34 bits per heavy atom. The quantitative estimate of drug-likeness (QED) is 0.394. The highest BCUT2D eigenvalue weighted by Crippen LogP contribution is 2.40. The molecule has 0 aliphatic carbocycles. The zero-order valence-electron chi connectivity index (χ0n) is 23.0. The summed E-state index contributed by atoms with van der Waals surface area (Å²) in [6, 6.07) is 15.5. The van der Waals surface area contributed by atoms with E-state index in [1.54, 1.807) is 13.3 Å².